The number of rotatable bonds is 4. The van der Waals surface area contributed by atoms with Crippen molar-refractivity contribution in [3.8, 4) is 0 Å². The van der Waals surface area contributed by atoms with Crippen molar-refractivity contribution in [3.63, 3.8) is 0 Å². The molecule has 0 radical (unpaired) electrons. The number of β-amino-alcohol motifs (C(OH)–C–C–N with tert-alkyl or cyclic N) is 1. The SMILES string of the molecule is C[C@H](c1ccccc1)N1C[C@H](CO)[C@@](O)(c2ccccc2)C1. The smallest absolute Gasteiger partial charge is 0.108 e. The van der Waals surface area contributed by atoms with Crippen LogP contribution in [0.5, 0.6) is 0 Å². The number of aliphatic hydroxyl groups excluding tert-OH is 1. The van der Waals surface area contributed by atoms with E-state index in [0.29, 0.717) is 13.1 Å². The van der Waals surface area contributed by atoms with Gasteiger partial charge in [-0.25, -0.2) is 0 Å². The maximum absolute atomic E-state index is 11.2. The maximum atomic E-state index is 11.2. The van der Waals surface area contributed by atoms with E-state index < -0.39 is 5.60 Å². The molecule has 2 aromatic rings. The molecule has 0 spiro atoms. The summed E-state index contributed by atoms with van der Waals surface area (Å²) in [5.74, 6) is -0.166. The molecule has 116 valence electrons. The normalized spacial score (nSPS) is 27.0. The van der Waals surface area contributed by atoms with Gasteiger partial charge in [0.15, 0.2) is 0 Å². The van der Waals surface area contributed by atoms with E-state index in [1.165, 1.54) is 5.56 Å². The second-order valence-electron chi connectivity index (χ2n) is 6.19. The Hall–Kier alpha value is -1.68. The zero-order valence-corrected chi connectivity index (χ0v) is 12.9. The summed E-state index contributed by atoms with van der Waals surface area (Å²) in [5.41, 5.74) is 1.13. The fourth-order valence-corrected chi connectivity index (χ4v) is 3.44. The lowest BCUT2D eigenvalue weighted by molar-refractivity contribution is -0.0134. The van der Waals surface area contributed by atoms with Crippen LogP contribution in [0.2, 0.25) is 0 Å². The second-order valence-corrected chi connectivity index (χ2v) is 6.19. The summed E-state index contributed by atoms with van der Waals surface area (Å²) in [5, 5.41) is 20.9. The van der Waals surface area contributed by atoms with Crippen molar-refractivity contribution in [1.29, 1.82) is 0 Å². The van der Waals surface area contributed by atoms with Crippen LogP contribution in [0, 0.1) is 5.92 Å². The Kier molecular flexibility index (Phi) is 4.30. The first-order chi connectivity index (χ1) is 10.6. The first kappa shape index (κ1) is 15.2. The van der Waals surface area contributed by atoms with Crippen molar-refractivity contribution in [1.82, 2.24) is 4.90 Å². The number of benzene rings is 2. The van der Waals surface area contributed by atoms with Crippen LogP contribution in [-0.4, -0.2) is 34.8 Å². The molecule has 0 unspecified atom stereocenters. The first-order valence-corrected chi connectivity index (χ1v) is 7.83. The Morgan fingerprint density at radius 1 is 1.09 bits per heavy atom. The Balaban J connectivity index is 1.86. The highest BCUT2D eigenvalue weighted by Crippen LogP contribution is 2.40. The van der Waals surface area contributed by atoms with E-state index in [9.17, 15) is 10.2 Å². The van der Waals surface area contributed by atoms with E-state index in [1.54, 1.807) is 0 Å². The van der Waals surface area contributed by atoms with Crippen molar-refractivity contribution in [2.45, 2.75) is 18.6 Å². The summed E-state index contributed by atoms with van der Waals surface area (Å²) < 4.78 is 0. The van der Waals surface area contributed by atoms with E-state index >= 15 is 0 Å². The quantitative estimate of drug-likeness (QED) is 0.911. The average Bonchev–Trinajstić information content (AvgIpc) is 2.94. The molecule has 1 fully saturated rings. The lowest BCUT2D eigenvalue weighted by Crippen LogP contribution is -2.37. The van der Waals surface area contributed by atoms with Gasteiger partial charge in [-0.05, 0) is 18.1 Å². The van der Waals surface area contributed by atoms with Gasteiger partial charge in [-0.2, -0.15) is 0 Å². The first-order valence-electron chi connectivity index (χ1n) is 7.83. The molecule has 22 heavy (non-hydrogen) atoms. The molecule has 0 aromatic heterocycles. The minimum absolute atomic E-state index is 0.0105. The zero-order valence-electron chi connectivity index (χ0n) is 12.9. The molecular formula is C19H23NO2. The second kappa shape index (κ2) is 6.21. The minimum atomic E-state index is -0.987. The van der Waals surface area contributed by atoms with Crippen LogP contribution in [0.4, 0.5) is 0 Å². The fraction of sp³-hybridized carbons (Fsp3) is 0.368. The van der Waals surface area contributed by atoms with Crippen LogP contribution in [0.25, 0.3) is 0 Å². The Morgan fingerprint density at radius 2 is 1.68 bits per heavy atom. The molecule has 3 heteroatoms. The molecule has 1 heterocycles. The van der Waals surface area contributed by atoms with Crippen molar-refractivity contribution in [3.05, 3.63) is 71.8 Å². The molecule has 3 atom stereocenters. The number of likely N-dealkylation sites (tertiary alicyclic amines) is 1. The monoisotopic (exact) mass is 297 g/mol. The van der Waals surface area contributed by atoms with Gasteiger partial charge in [0.2, 0.25) is 0 Å². The van der Waals surface area contributed by atoms with Crippen LogP contribution in [0.3, 0.4) is 0 Å². The van der Waals surface area contributed by atoms with Gasteiger partial charge in [-0.15, -0.1) is 0 Å². The number of aliphatic hydroxyl groups is 2. The predicted octanol–water partition coefficient (Wildman–Crippen LogP) is 2.56. The van der Waals surface area contributed by atoms with Gasteiger partial charge in [0.25, 0.3) is 0 Å². The van der Waals surface area contributed by atoms with E-state index in [4.69, 9.17) is 0 Å². The molecular weight excluding hydrogens is 274 g/mol. The standard InChI is InChI=1S/C19H23NO2/c1-15(16-8-4-2-5-9-16)20-12-18(13-21)19(22,14-20)17-10-6-3-7-11-17/h2-11,15,18,21-22H,12-14H2,1H3/t15-,18-,19+/m1/s1. The Labute approximate surface area is 131 Å². The van der Waals surface area contributed by atoms with Crippen molar-refractivity contribution >= 4 is 0 Å². The lowest BCUT2D eigenvalue weighted by atomic mass is 9.84. The summed E-state index contributed by atoms with van der Waals surface area (Å²) in [6, 6.07) is 20.2. The van der Waals surface area contributed by atoms with Crippen LogP contribution in [0.15, 0.2) is 60.7 Å². The highest BCUT2D eigenvalue weighted by atomic mass is 16.3. The van der Waals surface area contributed by atoms with E-state index in [1.807, 2.05) is 48.5 Å². The summed E-state index contributed by atoms with van der Waals surface area (Å²) >= 11 is 0. The molecule has 0 saturated carbocycles. The molecule has 1 aliphatic rings. The number of nitrogens with zero attached hydrogens (tertiary/aromatic N) is 1. The summed E-state index contributed by atoms with van der Waals surface area (Å²) in [4.78, 5) is 2.25. The van der Waals surface area contributed by atoms with Gasteiger partial charge >= 0.3 is 0 Å². The van der Waals surface area contributed by atoms with E-state index in [0.717, 1.165) is 5.56 Å². The number of hydrogen-bond donors (Lipinski definition) is 2. The molecule has 0 aliphatic carbocycles. The summed E-state index contributed by atoms with van der Waals surface area (Å²) in [6.45, 7) is 3.38. The Morgan fingerprint density at radius 3 is 2.27 bits per heavy atom. The fourth-order valence-electron chi connectivity index (χ4n) is 3.44. The third-order valence-electron chi connectivity index (χ3n) is 4.90. The van der Waals surface area contributed by atoms with Crippen LogP contribution in [-0.2, 0) is 5.60 Å². The van der Waals surface area contributed by atoms with Crippen molar-refractivity contribution in [2.24, 2.45) is 5.92 Å². The van der Waals surface area contributed by atoms with Gasteiger partial charge in [0.1, 0.15) is 5.60 Å². The molecule has 3 nitrogen and oxygen atoms in total. The predicted molar refractivity (Wildman–Crippen MR) is 87.3 cm³/mol. The van der Waals surface area contributed by atoms with Gasteiger partial charge in [-0.1, -0.05) is 60.7 Å². The minimum Gasteiger partial charge on any atom is -0.396 e. The molecule has 2 aromatic carbocycles. The largest absolute Gasteiger partial charge is 0.396 e. The highest BCUT2D eigenvalue weighted by molar-refractivity contribution is 5.27. The van der Waals surface area contributed by atoms with E-state index in [-0.39, 0.29) is 18.6 Å². The molecule has 3 rings (SSSR count). The molecule has 0 bridgehead atoms. The summed E-state index contributed by atoms with van der Waals surface area (Å²) in [7, 11) is 0. The van der Waals surface area contributed by atoms with Crippen LogP contribution in [0.1, 0.15) is 24.1 Å². The summed E-state index contributed by atoms with van der Waals surface area (Å²) in [6.07, 6.45) is 0. The van der Waals surface area contributed by atoms with Gasteiger partial charge < -0.3 is 10.2 Å². The average molecular weight is 297 g/mol. The Bertz CT molecular complexity index is 601. The van der Waals surface area contributed by atoms with E-state index in [2.05, 4.69) is 24.0 Å². The van der Waals surface area contributed by atoms with Crippen molar-refractivity contribution in [2.75, 3.05) is 19.7 Å². The molecule has 1 aliphatic heterocycles. The molecule has 0 amide bonds. The lowest BCUT2D eigenvalue weighted by Gasteiger charge is -2.29. The zero-order chi connectivity index (χ0) is 15.6. The van der Waals surface area contributed by atoms with Gasteiger partial charge in [-0.3, -0.25) is 4.90 Å². The topological polar surface area (TPSA) is 43.7 Å². The van der Waals surface area contributed by atoms with Crippen LogP contribution >= 0.6 is 0 Å². The van der Waals surface area contributed by atoms with Gasteiger partial charge in [0.05, 0.1) is 6.61 Å². The maximum Gasteiger partial charge on any atom is 0.108 e. The molecule has 1 saturated heterocycles. The molecule has 2 N–H and O–H groups in total. The third kappa shape index (κ3) is 2.68. The van der Waals surface area contributed by atoms with Crippen LogP contribution < -0.4 is 0 Å². The third-order valence-corrected chi connectivity index (χ3v) is 4.90. The number of hydrogen-bond acceptors (Lipinski definition) is 3. The van der Waals surface area contributed by atoms with Crippen molar-refractivity contribution < 1.29 is 10.2 Å². The highest BCUT2D eigenvalue weighted by Gasteiger charge is 2.47. The van der Waals surface area contributed by atoms with Gasteiger partial charge in [0, 0.05) is 25.0 Å².